The van der Waals surface area contributed by atoms with Crippen molar-refractivity contribution in [1.82, 2.24) is 9.80 Å². The molecular formula is C21H34N2O3. The molecule has 0 radical (unpaired) electrons. The van der Waals surface area contributed by atoms with Crippen LogP contribution < -0.4 is 4.74 Å². The van der Waals surface area contributed by atoms with Crippen molar-refractivity contribution in [1.29, 1.82) is 0 Å². The number of carbonyl (C=O) groups excluding carboxylic acids is 1. The smallest absolute Gasteiger partial charge is 0.223 e. The fraction of sp³-hybridized carbons (Fsp3) is 0.667. The van der Waals surface area contributed by atoms with Crippen molar-refractivity contribution in [2.45, 2.75) is 51.5 Å². The maximum absolute atomic E-state index is 13.0. The number of methoxy groups -OCH3 is 1. The highest BCUT2D eigenvalue weighted by Gasteiger charge is 2.27. The van der Waals surface area contributed by atoms with Crippen LogP contribution in [0.4, 0.5) is 0 Å². The Hall–Kier alpha value is -1.75. The van der Waals surface area contributed by atoms with E-state index in [-0.39, 0.29) is 11.7 Å². The minimum Gasteiger partial charge on any atom is -0.504 e. The molecule has 5 nitrogen and oxygen atoms in total. The molecule has 2 rings (SSSR count). The highest BCUT2D eigenvalue weighted by Crippen LogP contribution is 2.29. The number of hydrogen-bond donors (Lipinski definition) is 1. The molecule has 1 aromatic rings. The van der Waals surface area contributed by atoms with Crippen LogP contribution in [0.25, 0.3) is 0 Å². The van der Waals surface area contributed by atoms with Crippen LogP contribution in [0.15, 0.2) is 18.2 Å². The van der Waals surface area contributed by atoms with Crippen LogP contribution in [0.2, 0.25) is 0 Å². The number of phenolic OH excluding ortho intramolecular Hbond substituents is 1. The van der Waals surface area contributed by atoms with Crippen LogP contribution >= 0.6 is 0 Å². The van der Waals surface area contributed by atoms with Gasteiger partial charge in [-0.15, -0.1) is 0 Å². The summed E-state index contributed by atoms with van der Waals surface area (Å²) in [4.78, 5) is 17.2. The number of nitrogens with zero attached hydrogens (tertiary/aromatic N) is 2. The lowest BCUT2D eigenvalue weighted by Gasteiger charge is -2.37. The number of aryl methyl sites for hydroxylation is 1. The average Bonchev–Trinajstić information content (AvgIpc) is 2.62. The van der Waals surface area contributed by atoms with Crippen molar-refractivity contribution in [3.05, 3.63) is 23.8 Å². The van der Waals surface area contributed by atoms with Crippen LogP contribution in [0.1, 0.15) is 44.6 Å². The van der Waals surface area contributed by atoms with Gasteiger partial charge in [-0.3, -0.25) is 4.79 Å². The molecule has 5 heteroatoms. The van der Waals surface area contributed by atoms with Crippen molar-refractivity contribution in [3.8, 4) is 11.5 Å². The zero-order valence-corrected chi connectivity index (χ0v) is 16.7. The Labute approximate surface area is 157 Å². The maximum Gasteiger partial charge on any atom is 0.223 e. The lowest BCUT2D eigenvalue weighted by Crippen LogP contribution is -2.45. The van der Waals surface area contributed by atoms with E-state index in [0.717, 1.165) is 37.4 Å². The number of phenols is 1. The van der Waals surface area contributed by atoms with Crippen LogP contribution in [0.5, 0.6) is 11.5 Å². The maximum atomic E-state index is 13.0. The zero-order chi connectivity index (χ0) is 19.1. The molecule has 1 aliphatic rings. The van der Waals surface area contributed by atoms with E-state index in [1.54, 1.807) is 6.07 Å². The quantitative estimate of drug-likeness (QED) is 0.771. The van der Waals surface area contributed by atoms with Crippen molar-refractivity contribution < 1.29 is 14.6 Å². The molecule has 1 saturated carbocycles. The highest BCUT2D eigenvalue weighted by molar-refractivity contribution is 5.77. The van der Waals surface area contributed by atoms with E-state index in [0.29, 0.717) is 24.6 Å². The number of aromatic hydroxyl groups is 1. The molecule has 0 atom stereocenters. The molecule has 0 unspecified atom stereocenters. The summed E-state index contributed by atoms with van der Waals surface area (Å²) in [6, 6.07) is 5.69. The molecule has 0 aromatic heterocycles. The monoisotopic (exact) mass is 362 g/mol. The third-order valence-corrected chi connectivity index (χ3v) is 5.41. The molecule has 1 amide bonds. The van der Waals surface area contributed by atoms with E-state index in [2.05, 4.69) is 16.7 Å². The van der Waals surface area contributed by atoms with Crippen molar-refractivity contribution in [3.63, 3.8) is 0 Å². The van der Waals surface area contributed by atoms with E-state index < -0.39 is 0 Å². The molecule has 0 heterocycles. The Kier molecular flexibility index (Phi) is 7.76. The fourth-order valence-electron chi connectivity index (χ4n) is 3.65. The summed E-state index contributed by atoms with van der Waals surface area (Å²) < 4.78 is 5.16. The number of carbonyl (C=O) groups is 1. The second-order valence-corrected chi connectivity index (χ2v) is 7.81. The summed E-state index contributed by atoms with van der Waals surface area (Å²) in [6.07, 6.45) is 5.82. The highest BCUT2D eigenvalue weighted by atomic mass is 16.5. The summed E-state index contributed by atoms with van der Waals surface area (Å²) in [5.74, 6) is 1.60. The summed E-state index contributed by atoms with van der Waals surface area (Å²) in [6.45, 7) is 4.00. The van der Waals surface area contributed by atoms with E-state index in [1.165, 1.54) is 20.0 Å². The summed E-state index contributed by atoms with van der Waals surface area (Å²) in [7, 11) is 5.64. The molecule has 0 bridgehead atoms. The van der Waals surface area contributed by atoms with Gasteiger partial charge in [-0.2, -0.15) is 0 Å². The van der Waals surface area contributed by atoms with Crippen LogP contribution in [-0.2, 0) is 11.2 Å². The van der Waals surface area contributed by atoms with Gasteiger partial charge in [0, 0.05) is 25.6 Å². The van der Waals surface area contributed by atoms with Gasteiger partial charge in [0.25, 0.3) is 0 Å². The predicted octanol–water partition coefficient (Wildman–Crippen LogP) is 3.30. The lowest BCUT2D eigenvalue weighted by atomic mass is 9.86. The molecule has 0 spiro atoms. The number of likely N-dealkylation sites (N-methyl/N-ethyl adjacent to an activating group) is 1. The molecule has 146 valence electrons. The van der Waals surface area contributed by atoms with Gasteiger partial charge >= 0.3 is 0 Å². The van der Waals surface area contributed by atoms with Crippen LogP contribution in [-0.4, -0.2) is 61.2 Å². The Morgan fingerprint density at radius 2 is 1.88 bits per heavy atom. The number of ether oxygens (including phenoxy) is 1. The van der Waals surface area contributed by atoms with Gasteiger partial charge < -0.3 is 19.6 Å². The molecule has 0 aliphatic heterocycles. The van der Waals surface area contributed by atoms with Gasteiger partial charge in [0.05, 0.1) is 7.11 Å². The zero-order valence-electron chi connectivity index (χ0n) is 16.7. The fourth-order valence-corrected chi connectivity index (χ4v) is 3.65. The molecule has 1 N–H and O–H groups in total. The van der Waals surface area contributed by atoms with E-state index in [9.17, 15) is 9.90 Å². The molecule has 26 heavy (non-hydrogen) atoms. The normalized spacial score (nSPS) is 20.2. The largest absolute Gasteiger partial charge is 0.504 e. The van der Waals surface area contributed by atoms with Crippen molar-refractivity contribution in [2.24, 2.45) is 5.92 Å². The van der Waals surface area contributed by atoms with E-state index in [1.807, 2.05) is 26.2 Å². The SMILES string of the molecule is COc1cc(CCC(=O)N(CCN(C)C)[C@H]2CC[C@H](C)CC2)ccc1O. The average molecular weight is 363 g/mol. The van der Waals surface area contributed by atoms with Crippen molar-refractivity contribution >= 4 is 5.91 Å². The van der Waals surface area contributed by atoms with Gasteiger partial charge in [-0.05, 0) is 69.8 Å². The number of benzene rings is 1. The number of rotatable bonds is 8. The third-order valence-electron chi connectivity index (χ3n) is 5.41. The minimum atomic E-state index is 0.131. The van der Waals surface area contributed by atoms with Crippen LogP contribution in [0.3, 0.4) is 0 Å². The van der Waals surface area contributed by atoms with E-state index >= 15 is 0 Å². The number of amides is 1. The standard InChI is InChI=1S/C21H34N2O3/c1-16-5-9-18(10-6-16)23(14-13-22(2)3)21(25)12-8-17-7-11-19(24)20(15-17)26-4/h7,11,15-16,18,24H,5-6,8-10,12-14H2,1-4H3/t16-,18-. The first-order chi connectivity index (χ1) is 12.4. The Bertz CT molecular complexity index is 581. The first-order valence-electron chi connectivity index (χ1n) is 9.70. The molecule has 1 aromatic carbocycles. The first-order valence-corrected chi connectivity index (χ1v) is 9.70. The van der Waals surface area contributed by atoms with Gasteiger partial charge in [-0.25, -0.2) is 0 Å². The molecule has 1 fully saturated rings. The molecule has 0 saturated heterocycles. The third kappa shape index (κ3) is 5.90. The summed E-state index contributed by atoms with van der Waals surface area (Å²) >= 11 is 0. The van der Waals surface area contributed by atoms with Gasteiger partial charge in [0.15, 0.2) is 11.5 Å². The first kappa shape index (κ1) is 20.6. The summed E-state index contributed by atoms with van der Waals surface area (Å²) in [5, 5.41) is 9.71. The molecular weight excluding hydrogens is 328 g/mol. The second-order valence-electron chi connectivity index (χ2n) is 7.81. The van der Waals surface area contributed by atoms with Crippen molar-refractivity contribution in [2.75, 3.05) is 34.3 Å². The van der Waals surface area contributed by atoms with Gasteiger partial charge in [-0.1, -0.05) is 13.0 Å². The number of hydrogen-bond acceptors (Lipinski definition) is 4. The van der Waals surface area contributed by atoms with Gasteiger partial charge in [0.1, 0.15) is 0 Å². The Morgan fingerprint density at radius 3 is 2.50 bits per heavy atom. The van der Waals surface area contributed by atoms with Gasteiger partial charge in [0.2, 0.25) is 5.91 Å². The Morgan fingerprint density at radius 1 is 1.19 bits per heavy atom. The second kappa shape index (κ2) is 9.81. The summed E-state index contributed by atoms with van der Waals surface area (Å²) in [5.41, 5.74) is 1.01. The predicted molar refractivity (Wildman–Crippen MR) is 105 cm³/mol. The van der Waals surface area contributed by atoms with Crippen LogP contribution in [0, 0.1) is 5.92 Å². The van der Waals surface area contributed by atoms with E-state index in [4.69, 9.17) is 4.74 Å². The minimum absolute atomic E-state index is 0.131. The lowest BCUT2D eigenvalue weighted by molar-refractivity contribution is -0.134. The molecule has 1 aliphatic carbocycles. The topological polar surface area (TPSA) is 53.0 Å². The Balaban J connectivity index is 1.98.